The minimum atomic E-state index is -1.62. The summed E-state index contributed by atoms with van der Waals surface area (Å²) in [4.78, 5) is 26.5. The standard InChI is InChI=1S/C27H36O11/c1-26-10-16(13-7-8-35-12-13)36-24(33)15(26)9-19(27(2)14(23(32)34-3)5-4-6-18(26)27)38-25-22(31)21(30)20(29)17(11-28)37-25/h5,7-8,12,15-22,25,28-31H,4,6,9-11H2,1-3H3/t15-,16-,17?,18-,19-,20+,21-,22+,25-,26+,27-/m0/s1. The van der Waals surface area contributed by atoms with Crippen LogP contribution >= 0.6 is 0 Å². The number of methoxy groups -OCH3 is 1. The zero-order valence-corrected chi connectivity index (χ0v) is 21.7. The molecule has 5 rings (SSSR count). The van der Waals surface area contributed by atoms with Crippen LogP contribution in [-0.2, 0) is 28.5 Å². The van der Waals surface area contributed by atoms with E-state index in [2.05, 4.69) is 6.92 Å². The van der Waals surface area contributed by atoms with Crippen LogP contribution < -0.4 is 0 Å². The van der Waals surface area contributed by atoms with Crippen molar-refractivity contribution in [1.29, 1.82) is 0 Å². The molecule has 0 amide bonds. The molecule has 1 unspecified atom stereocenters. The number of carbonyl (C=O) groups is 2. The van der Waals surface area contributed by atoms with E-state index >= 15 is 0 Å². The number of aliphatic hydroxyl groups is 4. The molecule has 4 N–H and O–H groups in total. The third-order valence-electron chi connectivity index (χ3n) is 9.45. The number of hydrogen-bond donors (Lipinski definition) is 4. The fourth-order valence-corrected chi connectivity index (χ4v) is 7.39. The van der Waals surface area contributed by atoms with Crippen LogP contribution in [0.1, 0.15) is 51.2 Å². The number of carbonyl (C=O) groups excluding carboxylic acids is 2. The van der Waals surface area contributed by atoms with Crippen LogP contribution in [0, 0.1) is 22.7 Å². The summed E-state index contributed by atoms with van der Waals surface area (Å²) in [7, 11) is 1.31. The highest BCUT2D eigenvalue weighted by Crippen LogP contribution is 2.65. The Balaban J connectivity index is 1.54. The van der Waals surface area contributed by atoms with Crippen LogP contribution in [0.3, 0.4) is 0 Å². The van der Waals surface area contributed by atoms with E-state index in [9.17, 15) is 30.0 Å². The highest BCUT2D eigenvalue weighted by atomic mass is 16.7. The maximum atomic E-state index is 13.5. The van der Waals surface area contributed by atoms with Gasteiger partial charge in [0.25, 0.3) is 0 Å². The van der Waals surface area contributed by atoms with Gasteiger partial charge in [-0.3, -0.25) is 4.79 Å². The van der Waals surface area contributed by atoms with Gasteiger partial charge in [-0.05, 0) is 43.1 Å². The molecule has 0 spiro atoms. The zero-order valence-electron chi connectivity index (χ0n) is 21.7. The molecule has 1 aromatic rings. The summed E-state index contributed by atoms with van der Waals surface area (Å²) in [5.41, 5.74) is -0.341. The van der Waals surface area contributed by atoms with Gasteiger partial charge in [-0.1, -0.05) is 19.9 Å². The SMILES string of the molecule is COC(=O)C1=CCC[C@H]2[C@]3(C)C[C@@H](c4ccoc4)OC(=O)[C@@H]3C[C@H](O[C@@H]3OC(CO)[C@@H](O)[C@H](O)[C@H]3O)[C@@]12C. The molecule has 3 heterocycles. The fraction of sp³-hybridized carbons (Fsp3) is 0.704. The Morgan fingerprint density at radius 2 is 1.95 bits per heavy atom. The molecule has 0 aromatic carbocycles. The molecule has 2 aliphatic carbocycles. The van der Waals surface area contributed by atoms with Crippen molar-refractivity contribution in [3.05, 3.63) is 35.8 Å². The molecule has 1 saturated carbocycles. The van der Waals surface area contributed by atoms with Gasteiger partial charge in [0.15, 0.2) is 6.29 Å². The third-order valence-corrected chi connectivity index (χ3v) is 9.45. The minimum Gasteiger partial charge on any atom is -0.472 e. The zero-order chi connectivity index (χ0) is 27.4. The Hall–Kier alpha value is -2.28. The van der Waals surface area contributed by atoms with Crippen LogP contribution in [0.5, 0.6) is 0 Å². The lowest BCUT2D eigenvalue weighted by Gasteiger charge is -2.62. The van der Waals surface area contributed by atoms with Gasteiger partial charge in [-0.15, -0.1) is 0 Å². The first kappa shape index (κ1) is 27.3. The number of cyclic esters (lactones) is 1. The van der Waals surface area contributed by atoms with Crippen molar-refractivity contribution in [1.82, 2.24) is 0 Å². The number of fused-ring (bicyclic) bond motifs is 3. The first-order valence-corrected chi connectivity index (χ1v) is 13.0. The fourth-order valence-electron chi connectivity index (χ4n) is 7.39. The molecule has 4 aliphatic rings. The van der Waals surface area contributed by atoms with Gasteiger partial charge in [0.1, 0.15) is 30.5 Å². The summed E-state index contributed by atoms with van der Waals surface area (Å²) < 4.78 is 28.2. The molecule has 3 fully saturated rings. The molecule has 2 aliphatic heterocycles. The van der Waals surface area contributed by atoms with E-state index in [1.54, 1.807) is 12.3 Å². The number of allylic oxidation sites excluding steroid dienone is 1. The normalized spacial score (nSPS) is 44.9. The van der Waals surface area contributed by atoms with Crippen molar-refractivity contribution in [2.75, 3.05) is 13.7 Å². The van der Waals surface area contributed by atoms with E-state index in [0.29, 0.717) is 24.8 Å². The van der Waals surface area contributed by atoms with Crippen LogP contribution in [0.15, 0.2) is 34.7 Å². The first-order valence-electron chi connectivity index (χ1n) is 13.0. The number of aliphatic hydroxyl groups excluding tert-OH is 4. The largest absolute Gasteiger partial charge is 0.472 e. The van der Waals surface area contributed by atoms with Gasteiger partial charge in [0.05, 0.1) is 38.3 Å². The van der Waals surface area contributed by atoms with Gasteiger partial charge in [-0.25, -0.2) is 4.79 Å². The van der Waals surface area contributed by atoms with Gasteiger partial charge < -0.3 is 43.8 Å². The summed E-state index contributed by atoms with van der Waals surface area (Å²) in [6, 6.07) is 1.77. The Bertz CT molecular complexity index is 1070. The number of esters is 2. The lowest BCUT2D eigenvalue weighted by atomic mass is 9.44. The average Bonchev–Trinajstić information content (AvgIpc) is 3.44. The molecular formula is C27H36O11. The van der Waals surface area contributed by atoms with Gasteiger partial charge in [-0.2, -0.15) is 0 Å². The lowest BCUT2D eigenvalue weighted by Crippen LogP contribution is -2.65. The quantitative estimate of drug-likeness (QED) is 0.397. The summed E-state index contributed by atoms with van der Waals surface area (Å²) in [5, 5.41) is 40.8. The first-order chi connectivity index (χ1) is 18.1. The second kappa shape index (κ2) is 10.0. The Morgan fingerprint density at radius 1 is 1.18 bits per heavy atom. The molecule has 2 saturated heterocycles. The van der Waals surface area contributed by atoms with Crippen LogP contribution in [0.25, 0.3) is 0 Å². The van der Waals surface area contributed by atoms with Crippen molar-refractivity contribution in [3.8, 4) is 0 Å². The van der Waals surface area contributed by atoms with Crippen LogP contribution in [-0.4, -0.2) is 82.9 Å². The maximum Gasteiger partial charge on any atom is 0.334 e. The number of rotatable bonds is 5. The molecular weight excluding hydrogens is 500 g/mol. The highest BCUT2D eigenvalue weighted by Gasteiger charge is 2.66. The summed E-state index contributed by atoms with van der Waals surface area (Å²) in [5.74, 6) is -1.68. The molecule has 11 heteroatoms. The molecule has 11 nitrogen and oxygen atoms in total. The Morgan fingerprint density at radius 3 is 2.61 bits per heavy atom. The smallest absolute Gasteiger partial charge is 0.334 e. The summed E-state index contributed by atoms with van der Waals surface area (Å²) in [6.45, 7) is 3.35. The second-order valence-electron chi connectivity index (χ2n) is 11.3. The van der Waals surface area contributed by atoms with E-state index in [-0.39, 0.29) is 18.3 Å². The van der Waals surface area contributed by atoms with E-state index in [4.69, 9.17) is 23.4 Å². The van der Waals surface area contributed by atoms with E-state index in [1.165, 1.54) is 13.4 Å². The Labute approximate surface area is 220 Å². The molecule has 0 radical (unpaired) electrons. The summed E-state index contributed by atoms with van der Waals surface area (Å²) in [6.07, 6.45) is -1.81. The van der Waals surface area contributed by atoms with Crippen molar-refractivity contribution >= 4 is 11.9 Å². The predicted octanol–water partition coefficient (Wildman–Crippen LogP) is 0.995. The Kier molecular flexibility index (Phi) is 7.21. The maximum absolute atomic E-state index is 13.5. The van der Waals surface area contributed by atoms with Gasteiger partial charge >= 0.3 is 11.9 Å². The van der Waals surface area contributed by atoms with E-state index < -0.39 is 72.2 Å². The number of hydrogen-bond acceptors (Lipinski definition) is 11. The number of ether oxygens (including phenoxy) is 4. The van der Waals surface area contributed by atoms with Gasteiger partial charge in [0.2, 0.25) is 0 Å². The molecule has 0 bridgehead atoms. The van der Waals surface area contributed by atoms with Crippen molar-refractivity contribution in [2.24, 2.45) is 22.7 Å². The summed E-state index contributed by atoms with van der Waals surface area (Å²) >= 11 is 0. The molecule has 1 aromatic heterocycles. The molecule has 210 valence electrons. The van der Waals surface area contributed by atoms with E-state index in [0.717, 1.165) is 5.56 Å². The van der Waals surface area contributed by atoms with E-state index in [1.807, 2.05) is 13.0 Å². The van der Waals surface area contributed by atoms with Crippen molar-refractivity contribution < 1.29 is 53.4 Å². The van der Waals surface area contributed by atoms with Crippen molar-refractivity contribution in [2.45, 2.75) is 82.4 Å². The highest BCUT2D eigenvalue weighted by molar-refractivity contribution is 5.90. The third kappa shape index (κ3) is 4.11. The van der Waals surface area contributed by atoms with Gasteiger partial charge in [0, 0.05) is 16.6 Å². The van der Waals surface area contributed by atoms with Crippen molar-refractivity contribution in [3.63, 3.8) is 0 Å². The number of furan rings is 1. The topological polar surface area (TPSA) is 165 Å². The lowest BCUT2D eigenvalue weighted by molar-refractivity contribution is -0.329. The second-order valence-corrected chi connectivity index (χ2v) is 11.3. The van der Waals surface area contributed by atoms with Crippen LogP contribution in [0.4, 0.5) is 0 Å². The average molecular weight is 537 g/mol. The molecule has 11 atom stereocenters. The predicted molar refractivity (Wildman–Crippen MR) is 128 cm³/mol. The monoisotopic (exact) mass is 536 g/mol. The molecule has 38 heavy (non-hydrogen) atoms. The minimum absolute atomic E-state index is 0.157. The van der Waals surface area contributed by atoms with Crippen LogP contribution in [0.2, 0.25) is 0 Å².